The number of aryl methyl sites for hydroxylation is 1. The number of pyridine rings is 1. The van der Waals surface area contributed by atoms with Crippen molar-refractivity contribution >= 4 is 11.7 Å². The second-order valence-corrected chi connectivity index (χ2v) is 7.97. The number of aromatic amines is 1. The lowest BCUT2D eigenvalue weighted by Crippen LogP contribution is -2.35. The molecule has 0 aliphatic heterocycles. The maximum absolute atomic E-state index is 13.2. The van der Waals surface area contributed by atoms with Crippen LogP contribution in [0.25, 0.3) is 11.1 Å². The van der Waals surface area contributed by atoms with E-state index < -0.39 is 6.04 Å². The number of nitrogens with one attached hydrogen (secondary N) is 3. The average Bonchev–Trinajstić information content (AvgIpc) is 3.36. The summed E-state index contributed by atoms with van der Waals surface area (Å²) < 4.78 is 0. The van der Waals surface area contributed by atoms with Crippen molar-refractivity contribution in [2.45, 2.75) is 25.8 Å². The summed E-state index contributed by atoms with van der Waals surface area (Å²) in [5, 5.41) is 13.1. The highest BCUT2D eigenvalue weighted by Gasteiger charge is 2.21. The smallest absolute Gasteiger partial charge is 0.247 e. The van der Waals surface area contributed by atoms with E-state index in [0.717, 1.165) is 16.7 Å². The van der Waals surface area contributed by atoms with Gasteiger partial charge in [-0.1, -0.05) is 67.1 Å². The van der Waals surface area contributed by atoms with Gasteiger partial charge < -0.3 is 10.6 Å². The summed E-state index contributed by atoms with van der Waals surface area (Å²) in [5.74, 6) is 0.634. The highest BCUT2D eigenvalue weighted by atomic mass is 16.2. The molecule has 0 spiro atoms. The van der Waals surface area contributed by atoms with Crippen LogP contribution in [0.5, 0.6) is 0 Å². The predicted molar refractivity (Wildman–Crippen MR) is 127 cm³/mol. The van der Waals surface area contributed by atoms with Crippen LogP contribution in [-0.4, -0.2) is 27.6 Å². The van der Waals surface area contributed by atoms with Gasteiger partial charge in [-0.3, -0.25) is 9.89 Å². The van der Waals surface area contributed by atoms with Crippen LogP contribution < -0.4 is 10.6 Å². The Labute approximate surface area is 188 Å². The lowest BCUT2D eigenvalue weighted by molar-refractivity contribution is -0.118. The van der Waals surface area contributed by atoms with Crippen molar-refractivity contribution in [2.24, 2.45) is 0 Å². The number of H-pyrrole nitrogens is 1. The van der Waals surface area contributed by atoms with Crippen LogP contribution in [0.15, 0.2) is 85.3 Å². The van der Waals surface area contributed by atoms with Crippen LogP contribution in [0, 0.1) is 6.92 Å². The lowest BCUT2D eigenvalue weighted by Gasteiger charge is -2.21. The molecule has 0 fully saturated rings. The SMILES string of the molecule is Cc1ccc([C@@H](C)CN[C@@H](C(=O)Nc2ccc(-c3cn[nH]c3)cn2)c2ccccc2)cc1. The molecule has 6 heteroatoms. The van der Waals surface area contributed by atoms with Crippen molar-refractivity contribution in [3.05, 3.63) is 102 Å². The molecule has 0 aliphatic carbocycles. The minimum atomic E-state index is -0.487. The van der Waals surface area contributed by atoms with Gasteiger partial charge in [-0.05, 0) is 36.1 Å². The van der Waals surface area contributed by atoms with Gasteiger partial charge in [0.15, 0.2) is 0 Å². The molecule has 2 aromatic carbocycles. The number of aromatic nitrogens is 3. The number of amides is 1. The van der Waals surface area contributed by atoms with Gasteiger partial charge in [-0.25, -0.2) is 4.98 Å². The minimum absolute atomic E-state index is 0.143. The van der Waals surface area contributed by atoms with Crippen molar-refractivity contribution in [1.29, 1.82) is 0 Å². The number of benzene rings is 2. The standard InChI is InChI=1S/C26H27N5O/c1-18-8-10-20(11-9-18)19(2)14-28-25(21-6-4-3-5-7-21)26(32)31-24-13-12-22(15-27-24)23-16-29-30-17-23/h3-13,15-17,19,25,28H,14H2,1-2H3,(H,29,30)(H,27,31,32)/t19-,25+/m0/s1. The van der Waals surface area contributed by atoms with Gasteiger partial charge in [0.05, 0.1) is 6.20 Å². The van der Waals surface area contributed by atoms with Gasteiger partial charge in [0, 0.05) is 30.1 Å². The van der Waals surface area contributed by atoms with E-state index in [1.54, 1.807) is 24.7 Å². The summed E-state index contributed by atoms with van der Waals surface area (Å²) in [7, 11) is 0. The molecular formula is C26H27N5O. The third-order valence-electron chi connectivity index (χ3n) is 5.52. The number of carbonyl (C=O) groups excluding carboxylic acids is 1. The van der Waals surface area contributed by atoms with Gasteiger partial charge in [-0.2, -0.15) is 5.10 Å². The Morgan fingerprint density at radius 1 is 0.938 bits per heavy atom. The molecule has 6 nitrogen and oxygen atoms in total. The molecule has 4 aromatic rings. The molecule has 0 radical (unpaired) electrons. The minimum Gasteiger partial charge on any atom is -0.309 e. The van der Waals surface area contributed by atoms with Gasteiger partial charge >= 0.3 is 0 Å². The third-order valence-corrected chi connectivity index (χ3v) is 5.52. The zero-order valence-corrected chi connectivity index (χ0v) is 18.2. The van der Waals surface area contributed by atoms with Crippen molar-refractivity contribution in [3.8, 4) is 11.1 Å². The van der Waals surface area contributed by atoms with Gasteiger partial charge in [-0.15, -0.1) is 0 Å². The van der Waals surface area contributed by atoms with E-state index in [4.69, 9.17) is 0 Å². The van der Waals surface area contributed by atoms with Crippen molar-refractivity contribution in [1.82, 2.24) is 20.5 Å². The summed E-state index contributed by atoms with van der Waals surface area (Å²) in [4.78, 5) is 17.6. The Balaban J connectivity index is 1.46. The van der Waals surface area contributed by atoms with Gasteiger partial charge in [0.2, 0.25) is 5.91 Å². The summed E-state index contributed by atoms with van der Waals surface area (Å²) in [5.41, 5.74) is 5.27. The first-order chi connectivity index (χ1) is 15.6. The van der Waals surface area contributed by atoms with Crippen LogP contribution in [-0.2, 0) is 4.79 Å². The molecule has 162 valence electrons. The number of hydrogen-bond acceptors (Lipinski definition) is 4. The molecule has 2 aromatic heterocycles. The molecular weight excluding hydrogens is 398 g/mol. The topological polar surface area (TPSA) is 82.7 Å². The van der Waals surface area contributed by atoms with Crippen LogP contribution in [0.3, 0.4) is 0 Å². The fraction of sp³-hybridized carbons (Fsp3) is 0.192. The van der Waals surface area contributed by atoms with Gasteiger partial charge in [0.25, 0.3) is 0 Å². The number of nitrogens with zero attached hydrogens (tertiary/aromatic N) is 2. The first kappa shape index (κ1) is 21.5. The molecule has 4 rings (SSSR count). The fourth-order valence-corrected chi connectivity index (χ4v) is 3.56. The molecule has 3 N–H and O–H groups in total. The normalized spacial score (nSPS) is 12.8. The zero-order chi connectivity index (χ0) is 22.3. The van der Waals surface area contributed by atoms with Crippen molar-refractivity contribution < 1.29 is 4.79 Å². The van der Waals surface area contributed by atoms with E-state index in [1.807, 2.05) is 36.4 Å². The molecule has 2 heterocycles. The summed E-state index contributed by atoms with van der Waals surface area (Å²) in [6.45, 7) is 4.91. The molecule has 0 unspecified atom stereocenters. The second-order valence-electron chi connectivity index (χ2n) is 7.97. The first-order valence-corrected chi connectivity index (χ1v) is 10.7. The molecule has 0 bridgehead atoms. The Morgan fingerprint density at radius 2 is 1.72 bits per heavy atom. The number of anilines is 1. The molecule has 0 saturated heterocycles. The number of carbonyl (C=O) groups is 1. The first-order valence-electron chi connectivity index (χ1n) is 10.7. The van der Waals surface area contributed by atoms with Gasteiger partial charge in [0.1, 0.15) is 11.9 Å². The molecule has 2 atom stereocenters. The van der Waals surface area contributed by atoms with E-state index in [9.17, 15) is 4.79 Å². The maximum Gasteiger partial charge on any atom is 0.247 e. The Kier molecular flexibility index (Phi) is 6.72. The second kappa shape index (κ2) is 10.0. The van der Waals surface area contributed by atoms with E-state index in [-0.39, 0.29) is 11.8 Å². The number of rotatable bonds is 8. The monoisotopic (exact) mass is 425 g/mol. The van der Waals surface area contributed by atoms with Crippen molar-refractivity contribution in [3.63, 3.8) is 0 Å². The largest absolute Gasteiger partial charge is 0.309 e. The highest BCUT2D eigenvalue weighted by molar-refractivity contribution is 5.95. The van der Waals surface area contributed by atoms with E-state index >= 15 is 0 Å². The van der Waals surface area contributed by atoms with E-state index in [0.29, 0.717) is 12.4 Å². The summed E-state index contributed by atoms with van der Waals surface area (Å²) in [6, 6.07) is 21.5. The van der Waals surface area contributed by atoms with Crippen LogP contribution >= 0.6 is 0 Å². The Hall–Kier alpha value is -3.77. The number of hydrogen-bond donors (Lipinski definition) is 3. The van der Waals surface area contributed by atoms with E-state index in [2.05, 4.69) is 63.9 Å². The Morgan fingerprint density at radius 3 is 2.38 bits per heavy atom. The quantitative estimate of drug-likeness (QED) is 0.377. The third kappa shape index (κ3) is 5.28. The zero-order valence-electron chi connectivity index (χ0n) is 18.2. The molecule has 1 amide bonds. The van der Waals surface area contributed by atoms with Crippen LogP contribution in [0.4, 0.5) is 5.82 Å². The molecule has 32 heavy (non-hydrogen) atoms. The molecule has 0 saturated carbocycles. The highest BCUT2D eigenvalue weighted by Crippen LogP contribution is 2.21. The van der Waals surface area contributed by atoms with E-state index in [1.165, 1.54) is 11.1 Å². The average molecular weight is 426 g/mol. The lowest BCUT2D eigenvalue weighted by atomic mass is 9.98. The van der Waals surface area contributed by atoms with Crippen LogP contribution in [0.1, 0.15) is 35.6 Å². The maximum atomic E-state index is 13.2. The summed E-state index contributed by atoms with van der Waals surface area (Å²) in [6.07, 6.45) is 5.27. The summed E-state index contributed by atoms with van der Waals surface area (Å²) >= 11 is 0. The predicted octanol–water partition coefficient (Wildman–Crippen LogP) is 4.85. The fourth-order valence-electron chi connectivity index (χ4n) is 3.56. The molecule has 0 aliphatic rings. The Bertz CT molecular complexity index is 1120. The van der Waals surface area contributed by atoms with Crippen LogP contribution in [0.2, 0.25) is 0 Å². The van der Waals surface area contributed by atoms with Crippen molar-refractivity contribution in [2.75, 3.05) is 11.9 Å².